The molecule has 0 radical (unpaired) electrons. The monoisotopic (exact) mass is 425 g/mol. The summed E-state index contributed by atoms with van der Waals surface area (Å²) in [7, 11) is 0. The molecule has 0 atom stereocenters. The molecule has 1 aliphatic carbocycles. The number of anilines is 3. The zero-order chi connectivity index (χ0) is 21.4. The number of nitrogens with one attached hydrogen (secondary N) is 1. The molecule has 4 heterocycles. The van der Waals surface area contributed by atoms with Crippen molar-refractivity contribution in [1.82, 2.24) is 9.97 Å². The molecule has 8 heteroatoms. The maximum atomic E-state index is 14.0. The fraction of sp³-hybridized carbons (Fsp3) is 0.522. The topological polar surface area (TPSA) is 70.6 Å². The van der Waals surface area contributed by atoms with Gasteiger partial charge in [-0.3, -0.25) is 4.79 Å². The smallest absolute Gasteiger partial charge is 0.260 e. The van der Waals surface area contributed by atoms with E-state index >= 15 is 0 Å². The molecular formula is C23H28FN5O2. The summed E-state index contributed by atoms with van der Waals surface area (Å²) < 4.78 is 19.4. The van der Waals surface area contributed by atoms with Crippen LogP contribution < -0.4 is 15.1 Å². The van der Waals surface area contributed by atoms with Gasteiger partial charge in [0.1, 0.15) is 17.5 Å². The van der Waals surface area contributed by atoms with Gasteiger partial charge in [0, 0.05) is 26.2 Å². The number of aryl methyl sites for hydroxylation is 1. The van der Waals surface area contributed by atoms with Crippen LogP contribution in [0.2, 0.25) is 0 Å². The number of hydrogen-bond donors (Lipinski definition) is 1. The molecule has 2 aromatic heterocycles. The van der Waals surface area contributed by atoms with Gasteiger partial charge in [-0.15, -0.1) is 0 Å². The average molecular weight is 426 g/mol. The Morgan fingerprint density at radius 2 is 1.77 bits per heavy atom. The fourth-order valence-electron chi connectivity index (χ4n) is 4.56. The van der Waals surface area contributed by atoms with Crippen molar-refractivity contribution in [1.29, 1.82) is 0 Å². The van der Waals surface area contributed by atoms with Crippen LogP contribution in [0.3, 0.4) is 0 Å². The molecule has 31 heavy (non-hydrogen) atoms. The van der Waals surface area contributed by atoms with Crippen LogP contribution >= 0.6 is 0 Å². The van der Waals surface area contributed by atoms with Gasteiger partial charge < -0.3 is 19.9 Å². The molecule has 1 N–H and O–H groups in total. The molecule has 1 spiro atoms. The average Bonchev–Trinajstić information content (AvgIpc) is 3.53. The number of carbonyl (C=O) groups is 1. The lowest BCUT2D eigenvalue weighted by molar-refractivity contribution is 0.102. The Balaban J connectivity index is 1.36. The van der Waals surface area contributed by atoms with Gasteiger partial charge in [0.25, 0.3) is 5.91 Å². The van der Waals surface area contributed by atoms with Crippen molar-refractivity contribution in [3.8, 4) is 0 Å². The predicted octanol–water partition coefficient (Wildman–Crippen LogP) is 3.39. The predicted molar refractivity (Wildman–Crippen MR) is 117 cm³/mol. The van der Waals surface area contributed by atoms with E-state index in [1.165, 1.54) is 25.0 Å². The van der Waals surface area contributed by atoms with Gasteiger partial charge in [-0.05, 0) is 67.9 Å². The van der Waals surface area contributed by atoms with E-state index in [4.69, 9.17) is 4.74 Å². The number of amides is 1. The molecule has 0 bridgehead atoms. The minimum absolute atomic E-state index is 0.319. The molecule has 3 fully saturated rings. The Morgan fingerprint density at radius 1 is 1.03 bits per heavy atom. The van der Waals surface area contributed by atoms with Crippen LogP contribution in [-0.4, -0.2) is 55.3 Å². The summed E-state index contributed by atoms with van der Waals surface area (Å²) in [4.78, 5) is 26.1. The Morgan fingerprint density at radius 3 is 2.48 bits per heavy atom. The van der Waals surface area contributed by atoms with Crippen LogP contribution in [0.4, 0.5) is 21.8 Å². The van der Waals surface area contributed by atoms with Crippen LogP contribution in [0.15, 0.2) is 24.3 Å². The highest BCUT2D eigenvalue weighted by molar-refractivity contribution is 6.07. The Bertz CT molecular complexity index is 978. The SMILES string of the molecule is Cc1cc(NC(=O)c2ccc(F)nc2N2CCC3(CC2)CC3)nc(N2CCOCC2)c1. The maximum absolute atomic E-state index is 14.0. The van der Waals surface area contributed by atoms with Crippen molar-refractivity contribution in [2.75, 3.05) is 54.5 Å². The summed E-state index contributed by atoms with van der Waals surface area (Å²) in [6.07, 6.45) is 4.73. The quantitative estimate of drug-likeness (QED) is 0.758. The van der Waals surface area contributed by atoms with Crippen LogP contribution in [0.5, 0.6) is 0 Å². The molecule has 2 aromatic rings. The van der Waals surface area contributed by atoms with E-state index in [1.54, 1.807) is 0 Å². The summed E-state index contributed by atoms with van der Waals surface area (Å²) in [5.74, 6) is 0.843. The fourth-order valence-corrected chi connectivity index (χ4v) is 4.56. The number of ether oxygens (including phenoxy) is 1. The molecule has 7 nitrogen and oxygen atoms in total. The van der Waals surface area contributed by atoms with Crippen LogP contribution in [0.25, 0.3) is 0 Å². The van der Waals surface area contributed by atoms with E-state index in [1.807, 2.05) is 24.0 Å². The summed E-state index contributed by atoms with van der Waals surface area (Å²) in [6.45, 7) is 6.46. The first-order valence-electron chi connectivity index (χ1n) is 11.1. The Labute approximate surface area is 181 Å². The highest BCUT2D eigenvalue weighted by Crippen LogP contribution is 2.53. The second-order valence-electron chi connectivity index (χ2n) is 8.93. The number of rotatable bonds is 4. The number of nitrogens with zero attached hydrogens (tertiary/aromatic N) is 4. The molecule has 0 unspecified atom stereocenters. The van der Waals surface area contributed by atoms with Gasteiger partial charge >= 0.3 is 0 Å². The van der Waals surface area contributed by atoms with Crippen molar-refractivity contribution >= 4 is 23.4 Å². The molecule has 5 rings (SSSR count). The molecule has 164 valence electrons. The van der Waals surface area contributed by atoms with E-state index in [9.17, 15) is 9.18 Å². The number of aromatic nitrogens is 2. The van der Waals surface area contributed by atoms with E-state index in [2.05, 4.69) is 20.2 Å². The van der Waals surface area contributed by atoms with E-state index in [-0.39, 0.29) is 5.91 Å². The lowest BCUT2D eigenvalue weighted by Crippen LogP contribution is -2.37. The lowest BCUT2D eigenvalue weighted by atomic mass is 9.93. The van der Waals surface area contributed by atoms with Crippen molar-refractivity contribution in [2.45, 2.75) is 32.6 Å². The highest BCUT2D eigenvalue weighted by Gasteiger charge is 2.44. The Hall–Kier alpha value is -2.74. The van der Waals surface area contributed by atoms with Gasteiger partial charge in [0.05, 0.1) is 18.8 Å². The molecule has 2 saturated heterocycles. The third-order valence-corrected chi connectivity index (χ3v) is 6.70. The number of carbonyl (C=O) groups excluding carboxylic acids is 1. The van der Waals surface area contributed by atoms with Gasteiger partial charge in [-0.2, -0.15) is 4.39 Å². The number of morpholine rings is 1. The third kappa shape index (κ3) is 4.35. The van der Waals surface area contributed by atoms with Crippen molar-refractivity contribution in [3.05, 3.63) is 41.3 Å². The van der Waals surface area contributed by atoms with Gasteiger partial charge in [-0.25, -0.2) is 9.97 Å². The highest BCUT2D eigenvalue weighted by atomic mass is 19.1. The first-order chi connectivity index (χ1) is 15.0. The molecule has 3 aliphatic rings. The second kappa shape index (κ2) is 8.07. The summed E-state index contributed by atoms with van der Waals surface area (Å²) in [6, 6.07) is 6.62. The molecule has 0 aromatic carbocycles. The van der Waals surface area contributed by atoms with E-state index in [0.29, 0.717) is 35.8 Å². The lowest BCUT2D eigenvalue weighted by Gasteiger charge is -2.33. The number of hydrogen-bond acceptors (Lipinski definition) is 6. The molecule has 1 amide bonds. The van der Waals surface area contributed by atoms with Crippen molar-refractivity contribution < 1.29 is 13.9 Å². The number of pyridine rings is 2. The maximum Gasteiger partial charge on any atom is 0.260 e. The molecule has 1 saturated carbocycles. The standard InChI is InChI=1S/C23H28FN5O2/c1-16-14-19(26-20(15-16)28-10-12-31-13-11-28)27-22(30)17-2-3-18(24)25-21(17)29-8-6-23(4-5-23)7-9-29/h2-3,14-15H,4-13H2,1H3,(H,26,27,30). The number of halogens is 1. The summed E-state index contributed by atoms with van der Waals surface area (Å²) >= 11 is 0. The van der Waals surface area contributed by atoms with Gasteiger partial charge in [0.2, 0.25) is 5.95 Å². The zero-order valence-electron chi connectivity index (χ0n) is 17.9. The minimum atomic E-state index is -0.568. The number of piperidine rings is 1. The summed E-state index contributed by atoms with van der Waals surface area (Å²) in [5, 5.41) is 2.91. The van der Waals surface area contributed by atoms with Crippen LogP contribution in [0.1, 0.15) is 41.6 Å². The second-order valence-corrected chi connectivity index (χ2v) is 8.93. The largest absolute Gasteiger partial charge is 0.378 e. The first-order valence-corrected chi connectivity index (χ1v) is 11.1. The Kier molecular flexibility index (Phi) is 5.25. The third-order valence-electron chi connectivity index (χ3n) is 6.70. The van der Waals surface area contributed by atoms with E-state index < -0.39 is 5.95 Å². The van der Waals surface area contributed by atoms with E-state index in [0.717, 1.165) is 50.4 Å². The first kappa shape index (κ1) is 20.2. The normalized spacial score (nSPS) is 20.1. The van der Waals surface area contributed by atoms with Crippen LogP contribution in [0, 0.1) is 18.3 Å². The molecule has 2 aliphatic heterocycles. The van der Waals surface area contributed by atoms with Crippen molar-refractivity contribution in [2.24, 2.45) is 5.41 Å². The minimum Gasteiger partial charge on any atom is -0.378 e. The zero-order valence-corrected chi connectivity index (χ0v) is 17.9. The van der Waals surface area contributed by atoms with Gasteiger partial charge in [-0.1, -0.05) is 0 Å². The summed E-state index contributed by atoms with van der Waals surface area (Å²) in [5.41, 5.74) is 1.88. The van der Waals surface area contributed by atoms with Gasteiger partial charge in [0.15, 0.2) is 0 Å². The molecular weight excluding hydrogens is 397 g/mol. The van der Waals surface area contributed by atoms with Crippen LogP contribution in [-0.2, 0) is 4.74 Å². The van der Waals surface area contributed by atoms with Crippen molar-refractivity contribution in [3.63, 3.8) is 0 Å².